The van der Waals surface area contributed by atoms with Crippen molar-refractivity contribution in [3.05, 3.63) is 59.7 Å². The van der Waals surface area contributed by atoms with E-state index >= 15 is 0 Å². The van der Waals surface area contributed by atoms with Gasteiger partial charge in [0.05, 0.1) is 10.6 Å². The van der Waals surface area contributed by atoms with Crippen LogP contribution in [-0.4, -0.2) is 20.1 Å². The van der Waals surface area contributed by atoms with Crippen LogP contribution in [0, 0.1) is 13.8 Å². The second-order valence-electron chi connectivity index (χ2n) is 5.65. The van der Waals surface area contributed by atoms with Gasteiger partial charge in [0.15, 0.2) is 9.84 Å². The number of sulfone groups is 1. The number of rotatable bonds is 6. The van der Waals surface area contributed by atoms with Crippen LogP contribution in [-0.2, 0) is 14.6 Å². The average Bonchev–Trinajstić information content (AvgIpc) is 2.47. The highest BCUT2D eigenvalue weighted by molar-refractivity contribution is 7.91. The Morgan fingerprint density at radius 3 is 2.35 bits per heavy atom. The molecule has 0 radical (unpaired) electrons. The minimum Gasteiger partial charge on any atom is -0.326 e. The summed E-state index contributed by atoms with van der Waals surface area (Å²) in [6.07, 6.45) is 0.479. The van der Waals surface area contributed by atoms with Gasteiger partial charge in [-0.15, -0.1) is 0 Å². The van der Waals surface area contributed by atoms with Gasteiger partial charge in [-0.3, -0.25) is 4.79 Å². The lowest BCUT2D eigenvalue weighted by Crippen LogP contribution is -2.14. The number of hydrogen-bond acceptors (Lipinski definition) is 3. The highest BCUT2D eigenvalue weighted by Crippen LogP contribution is 2.14. The van der Waals surface area contributed by atoms with Crippen LogP contribution in [0.1, 0.15) is 24.0 Å². The van der Waals surface area contributed by atoms with Crippen molar-refractivity contribution >= 4 is 21.4 Å². The lowest BCUT2D eigenvalue weighted by molar-refractivity contribution is -0.116. The molecule has 0 aliphatic heterocycles. The van der Waals surface area contributed by atoms with Crippen LogP contribution in [0.5, 0.6) is 0 Å². The van der Waals surface area contributed by atoms with Gasteiger partial charge in [-0.25, -0.2) is 8.42 Å². The molecular formula is C18H21NO3S. The molecule has 1 N–H and O–H groups in total. The van der Waals surface area contributed by atoms with E-state index < -0.39 is 9.84 Å². The summed E-state index contributed by atoms with van der Waals surface area (Å²) >= 11 is 0. The largest absolute Gasteiger partial charge is 0.326 e. The van der Waals surface area contributed by atoms with Crippen molar-refractivity contribution in [2.45, 2.75) is 31.6 Å². The van der Waals surface area contributed by atoms with Crippen LogP contribution in [0.4, 0.5) is 5.69 Å². The SMILES string of the molecule is Cc1ccc(S(=O)(=O)CCCC(=O)Nc2cccc(C)c2)cc1. The number of amides is 1. The van der Waals surface area contributed by atoms with E-state index in [1.807, 2.05) is 38.1 Å². The summed E-state index contributed by atoms with van der Waals surface area (Å²) in [6.45, 7) is 3.86. The van der Waals surface area contributed by atoms with Gasteiger partial charge >= 0.3 is 0 Å². The summed E-state index contributed by atoms with van der Waals surface area (Å²) in [5.74, 6) is -0.202. The molecule has 0 saturated carbocycles. The molecule has 122 valence electrons. The zero-order valence-electron chi connectivity index (χ0n) is 13.4. The Bertz CT molecular complexity index is 780. The molecular weight excluding hydrogens is 310 g/mol. The first kappa shape index (κ1) is 17.2. The molecule has 2 rings (SSSR count). The molecule has 2 aromatic carbocycles. The molecule has 1 amide bonds. The van der Waals surface area contributed by atoms with Crippen molar-refractivity contribution in [3.63, 3.8) is 0 Å². The van der Waals surface area contributed by atoms with Gasteiger partial charge in [-0.1, -0.05) is 29.8 Å². The predicted molar refractivity (Wildman–Crippen MR) is 92.3 cm³/mol. The molecule has 0 unspecified atom stereocenters. The highest BCUT2D eigenvalue weighted by Gasteiger charge is 2.14. The molecule has 0 atom stereocenters. The molecule has 5 heteroatoms. The minimum atomic E-state index is -3.33. The van der Waals surface area contributed by atoms with E-state index in [1.54, 1.807) is 24.3 Å². The van der Waals surface area contributed by atoms with E-state index in [0.29, 0.717) is 11.3 Å². The van der Waals surface area contributed by atoms with Gasteiger partial charge in [0.25, 0.3) is 0 Å². The highest BCUT2D eigenvalue weighted by atomic mass is 32.2. The number of nitrogens with one attached hydrogen (secondary N) is 1. The van der Waals surface area contributed by atoms with Gasteiger partial charge in [0.1, 0.15) is 0 Å². The van der Waals surface area contributed by atoms with Crippen LogP contribution >= 0.6 is 0 Å². The van der Waals surface area contributed by atoms with Crippen molar-refractivity contribution in [3.8, 4) is 0 Å². The summed E-state index contributed by atoms with van der Waals surface area (Å²) in [5.41, 5.74) is 2.81. The Hall–Kier alpha value is -2.14. The maximum Gasteiger partial charge on any atom is 0.224 e. The summed E-state index contributed by atoms with van der Waals surface area (Å²) in [7, 11) is -3.33. The standard InChI is InChI=1S/C18H21NO3S/c1-14-8-10-17(11-9-14)23(21,22)12-4-7-18(20)19-16-6-3-5-15(2)13-16/h3,5-6,8-11,13H,4,7,12H2,1-2H3,(H,19,20). The topological polar surface area (TPSA) is 63.2 Å². The third kappa shape index (κ3) is 5.21. The van der Waals surface area contributed by atoms with Gasteiger partial charge in [-0.2, -0.15) is 0 Å². The Balaban J connectivity index is 1.86. The van der Waals surface area contributed by atoms with Gasteiger partial charge in [0, 0.05) is 12.1 Å². The molecule has 0 bridgehead atoms. The molecule has 0 spiro atoms. The lowest BCUT2D eigenvalue weighted by atomic mass is 10.2. The molecule has 4 nitrogen and oxygen atoms in total. The molecule has 0 heterocycles. The van der Waals surface area contributed by atoms with Crippen molar-refractivity contribution in [2.24, 2.45) is 0 Å². The van der Waals surface area contributed by atoms with E-state index in [9.17, 15) is 13.2 Å². The third-order valence-electron chi connectivity index (χ3n) is 3.50. The summed E-state index contributed by atoms with van der Waals surface area (Å²) in [4.78, 5) is 12.2. The maximum atomic E-state index is 12.2. The second-order valence-corrected chi connectivity index (χ2v) is 7.76. The van der Waals surface area contributed by atoms with Crippen LogP contribution < -0.4 is 5.32 Å². The maximum absolute atomic E-state index is 12.2. The average molecular weight is 331 g/mol. The molecule has 0 fully saturated rings. The van der Waals surface area contributed by atoms with Crippen molar-refractivity contribution < 1.29 is 13.2 Å². The zero-order valence-corrected chi connectivity index (χ0v) is 14.2. The van der Waals surface area contributed by atoms with Crippen LogP contribution in [0.3, 0.4) is 0 Å². The first-order valence-electron chi connectivity index (χ1n) is 7.53. The summed E-state index contributed by atoms with van der Waals surface area (Å²) in [5, 5.41) is 2.78. The van der Waals surface area contributed by atoms with Gasteiger partial charge in [-0.05, 0) is 50.1 Å². The van der Waals surface area contributed by atoms with E-state index in [0.717, 1.165) is 16.8 Å². The molecule has 0 saturated heterocycles. The molecule has 2 aromatic rings. The Labute approximate surface area is 137 Å². The Morgan fingerprint density at radius 2 is 1.70 bits per heavy atom. The fourth-order valence-electron chi connectivity index (χ4n) is 2.23. The van der Waals surface area contributed by atoms with Crippen molar-refractivity contribution in [1.29, 1.82) is 0 Å². The fourth-order valence-corrected chi connectivity index (χ4v) is 3.54. The second kappa shape index (κ2) is 7.42. The smallest absolute Gasteiger partial charge is 0.224 e. The monoisotopic (exact) mass is 331 g/mol. The van der Waals surface area contributed by atoms with E-state index in [-0.39, 0.29) is 18.1 Å². The Morgan fingerprint density at radius 1 is 1.00 bits per heavy atom. The third-order valence-corrected chi connectivity index (χ3v) is 5.32. The number of hydrogen-bond donors (Lipinski definition) is 1. The van der Waals surface area contributed by atoms with Crippen molar-refractivity contribution in [1.82, 2.24) is 0 Å². The number of anilines is 1. The molecule has 0 aromatic heterocycles. The van der Waals surface area contributed by atoms with Crippen LogP contribution in [0.15, 0.2) is 53.4 Å². The number of aryl methyl sites for hydroxylation is 2. The molecule has 0 aliphatic carbocycles. The number of carbonyl (C=O) groups excluding carboxylic acids is 1. The van der Waals surface area contributed by atoms with Crippen LogP contribution in [0.2, 0.25) is 0 Å². The number of carbonyl (C=O) groups is 1. The van der Waals surface area contributed by atoms with E-state index in [1.165, 1.54) is 0 Å². The summed E-state index contributed by atoms with van der Waals surface area (Å²) < 4.78 is 24.4. The minimum absolute atomic E-state index is 0.0305. The predicted octanol–water partition coefficient (Wildman–Crippen LogP) is 3.50. The number of benzene rings is 2. The quantitative estimate of drug-likeness (QED) is 0.881. The lowest BCUT2D eigenvalue weighted by Gasteiger charge is -2.07. The molecule has 0 aliphatic rings. The fraction of sp³-hybridized carbons (Fsp3) is 0.278. The first-order chi connectivity index (χ1) is 10.9. The molecule has 23 heavy (non-hydrogen) atoms. The Kier molecular flexibility index (Phi) is 5.55. The van der Waals surface area contributed by atoms with E-state index in [2.05, 4.69) is 5.32 Å². The van der Waals surface area contributed by atoms with Crippen molar-refractivity contribution in [2.75, 3.05) is 11.1 Å². The zero-order chi connectivity index (χ0) is 16.9. The first-order valence-corrected chi connectivity index (χ1v) is 9.18. The van der Waals surface area contributed by atoms with E-state index in [4.69, 9.17) is 0 Å². The normalized spacial score (nSPS) is 11.2. The van der Waals surface area contributed by atoms with Gasteiger partial charge in [0.2, 0.25) is 5.91 Å². The van der Waals surface area contributed by atoms with Gasteiger partial charge < -0.3 is 5.32 Å². The van der Waals surface area contributed by atoms with Crippen LogP contribution in [0.25, 0.3) is 0 Å². The summed E-state index contributed by atoms with van der Waals surface area (Å²) in [6, 6.07) is 14.3.